The van der Waals surface area contributed by atoms with Crippen LogP contribution in [0.25, 0.3) is 21.5 Å². The molecule has 0 fully saturated rings. The van der Waals surface area contributed by atoms with Gasteiger partial charge in [-0.25, -0.2) is 0 Å². The smallest absolute Gasteiger partial charge is 0.0405 e. The Balaban J connectivity index is 2.51. The van der Waals surface area contributed by atoms with E-state index in [1.54, 1.807) is 0 Å². The van der Waals surface area contributed by atoms with Crippen LogP contribution in [-0.2, 0) is 0 Å². The van der Waals surface area contributed by atoms with Crippen LogP contribution in [0, 0.1) is 0 Å². The molecule has 0 aliphatic heterocycles. The monoisotopic (exact) mass is 271 g/mol. The Morgan fingerprint density at radius 3 is 2.25 bits per heavy atom. The van der Waals surface area contributed by atoms with Gasteiger partial charge in [0.1, 0.15) is 0 Å². The Bertz CT molecular complexity index is 689. The summed E-state index contributed by atoms with van der Waals surface area (Å²) < 4.78 is 1.02. The topological polar surface area (TPSA) is 26.0 Å². The third-order valence-corrected chi connectivity index (χ3v) is 3.27. The first kappa shape index (κ1) is 9.67. The molecule has 0 bridgehead atoms. The van der Waals surface area contributed by atoms with Gasteiger partial charge >= 0.3 is 0 Å². The minimum absolute atomic E-state index is 0.815. The lowest BCUT2D eigenvalue weighted by Crippen LogP contribution is -1.87. The van der Waals surface area contributed by atoms with Crippen molar-refractivity contribution in [3.63, 3.8) is 0 Å². The summed E-state index contributed by atoms with van der Waals surface area (Å²) in [6.45, 7) is 0. The van der Waals surface area contributed by atoms with Gasteiger partial charge in [-0.3, -0.25) is 0 Å². The van der Waals surface area contributed by atoms with E-state index in [-0.39, 0.29) is 0 Å². The molecule has 0 saturated carbocycles. The van der Waals surface area contributed by atoms with Gasteiger partial charge < -0.3 is 5.73 Å². The first-order chi connectivity index (χ1) is 7.74. The van der Waals surface area contributed by atoms with Gasteiger partial charge in [0.2, 0.25) is 0 Å². The number of nitrogens with two attached hydrogens (primary N) is 1. The van der Waals surface area contributed by atoms with E-state index in [1.807, 2.05) is 12.1 Å². The number of benzene rings is 3. The zero-order chi connectivity index (χ0) is 11.1. The van der Waals surface area contributed by atoms with E-state index >= 15 is 0 Å². The van der Waals surface area contributed by atoms with Crippen molar-refractivity contribution in [3.8, 4) is 0 Å². The second-order valence-electron chi connectivity index (χ2n) is 3.92. The van der Waals surface area contributed by atoms with Crippen LogP contribution in [0.4, 0.5) is 5.69 Å². The van der Waals surface area contributed by atoms with Crippen LogP contribution in [0.5, 0.6) is 0 Å². The number of halogens is 1. The molecule has 3 rings (SSSR count). The third-order valence-electron chi connectivity index (χ3n) is 2.82. The minimum Gasteiger partial charge on any atom is -0.398 e. The lowest BCUT2D eigenvalue weighted by atomic mass is 10.0. The molecule has 0 amide bonds. The maximum absolute atomic E-state index is 6.02. The normalized spacial score (nSPS) is 11.1. The van der Waals surface area contributed by atoms with Crippen molar-refractivity contribution >= 4 is 43.2 Å². The zero-order valence-corrected chi connectivity index (χ0v) is 10.2. The van der Waals surface area contributed by atoms with Crippen LogP contribution >= 0.6 is 15.9 Å². The van der Waals surface area contributed by atoms with Crippen molar-refractivity contribution in [1.29, 1.82) is 0 Å². The lowest BCUT2D eigenvalue weighted by Gasteiger charge is -2.05. The van der Waals surface area contributed by atoms with Crippen LogP contribution in [0.2, 0.25) is 0 Å². The highest BCUT2D eigenvalue weighted by Gasteiger charge is 2.02. The van der Waals surface area contributed by atoms with Crippen molar-refractivity contribution in [1.82, 2.24) is 0 Å². The standard InChI is InChI=1S/C14H10BrN/c15-12-6-11-5-9-3-1-2-4-10(9)7-13(11)14(16)8-12/h1-8H,16H2. The largest absolute Gasteiger partial charge is 0.398 e. The highest BCUT2D eigenvalue weighted by atomic mass is 79.9. The number of rotatable bonds is 0. The highest BCUT2D eigenvalue weighted by Crippen LogP contribution is 2.29. The van der Waals surface area contributed by atoms with E-state index in [0.717, 1.165) is 15.5 Å². The molecule has 2 heteroatoms. The van der Waals surface area contributed by atoms with Gasteiger partial charge in [-0.2, -0.15) is 0 Å². The fraction of sp³-hybridized carbons (Fsp3) is 0. The van der Waals surface area contributed by atoms with Crippen LogP contribution in [0.1, 0.15) is 0 Å². The Morgan fingerprint density at radius 1 is 0.812 bits per heavy atom. The summed E-state index contributed by atoms with van der Waals surface area (Å²) >= 11 is 3.47. The number of hydrogen-bond donors (Lipinski definition) is 1. The van der Waals surface area contributed by atoms with Crippen molar-refractivity contribution < 1.29 is 0 Å². The summed E-state index contributed by atoms with van der Waals surface area (Å²) in [5, 5.41) is 4.75. The van der Waals surface area contributed by atoms with Gasteiger partial charge in [0, 0.05) is 15.5 Å². The van der Waals surface area contributed by atoms with Crippen LogP contribution in [0.15, 0.2) is 53.0 Å². The van der Waals surface area contributed by atoms with E-state index < -0.39 is 0 Å². The van der Waals surface area contributed by atoms with E-state index in [4.69, 9.17) is 5.73 Å². The molecule has 0 unspecified atom stereocenters. The lowest BCUT2D eigenvalue weighted by molar-refractivity contribution is 1.70. The summed E-state index contributed by atoms with van der Waals surface area (Å²) in [4.78, 5) is 0. The molecular formula is C14H10BrN. The van der Waals surface area contributed by atoms with Gasteiger partial charge in [0.15, 0.2) is 0 Å². The van der Waals surface area contributed by atoms with Gasteiger partial charge in [0.25, 0.3) is 0 Å². The van der Waals surface area contributed by atoms with E-state index in [9.17, 15) is 0 Å². The van der Waals surface area contributed by atoms with Gasteiger partial charge in [0.05, 0.1) is 0 Å². The summed E-state index contributed by atoms with van der Waals surface area (Å²) in [7, 11) is 0. The predicted octanol–water partition coefficient (Wildman–Crippen LogP) is 4.34. The molecule has 0 aromatic heterocycles. The van der Waals surface area contributed by atoms with Crippen LogP contribution in [-0.4, -0.2) is 0 Å². The molecule has 0 saturated heterocycles. The molecular weight excluding hydrogens is 262 g/mol. The zero-order valence-electron chi connectivity index (χ0n) is 8.57. The minimum atomic E-state index is 0.815. The van der Waals surface area contributed by atoms with Crippen molar-refractivity contribution in [2.45, 2.75) is 0 Å². The molecule has 0 radical (unpaired) electrons. The molecule has 0 heterocycles. The average Bonchev–Trinajstić information content (AvgIpc) is 2.27. The van der Waals surface area contributed by atoms with E-state index in [0.29, 0.717) is 0 Å². The molecule has 0 aliphatic carbocycles. The van der Waals surface area contributed by atoms with Crippen molar-refractivity contribution in [2.75, 3.05) is 5.73 Å². The Hall–Kier alpha value is -1.54. The molecule has 0 atom stereocenters. The van der Waals surface area contributed by atoms with E-state index in [2.05, 4.69) is 52.3 Å². The third kappa shape index (κ3) is 1.46. The number of anilines is 1. The second-order valence-corrected chi connectivity index (χ2v) is 4.83. The molecule has 0 spiro atoms. The van der Waals surface area contributed by atoms with Crippen LogP contribution < -0.4 is 5.73 Å². The molecule has 78 valence electrons. The number of fused-ring (bicyclic) bond motifs is 2. The summed E-state index contributed by atoms with van der Waals surface area (Å²) in [5.41, 5.74) is 6.83. The second kappa shape index (κ2) is 3.49. The molecule has 3 aromatic carbocycles. The first-order valence-electron chi connectivity index (χ1n) is 5.11. The van der Waals surface area contributed by atoms with Gasteiger partial charge in [-0.1, -0.05) is 40.2 Å². The maximum atomic E-state index is 6.02. The Labute approximate surface area is 102 Å². The molecule has 16 heavy (non-hydrogen) atoms. The molecule has 0 aliphatic rings. The predicted molar refractivity (Wildman–Crippen MR) is 73.6 cm³/mol. The fourth-order valence-corrected chi connectivity index (χ4v) is 2.54. The fourth-order valence-electron chi connectivity index (χ4n) is 2.04. The van der Waals surface area contributed by atoms with E-state index in [1.165, 1.54) is 16.2 Å². The highest BCUT2D eigenvalue weighted by molar-refractivity contribution is 9.10. The van der Waals surface area contributed by atoms with Crippen molar-refractivity contribution in [3.05, 3.63) is 53.0 Å². The first-order valence-corrected chi connectivity index (χ1v) is 5.91. The van der Waals surface area contributed by atoms with Gasteiger partial charge in [-0.15, -0.1) is 0 Å². The summed E-state index contributed by atoms with van der Waals surface area (Å²) in [6.07, 6.45) is 0. The average molecular weight is 272 g/mol. The molecule has 2 N–H and O–H groups in total. The quantitative estimate of drug-likeness (QED) is 0.478. The molecule has 1 nitrogen and oxygen atoms in total. The van der Waals surface area contributed by atoms with Gasteiger partial charge in [-0.05, 0) is 40.4 Å². The maximum Gasteiger partial charge on any atom is 0.0405 e. The van der Waals surface area contributed by atoms with Crippen molar-refractivity contribution in [2.24, 2.45) is 0 Å². The summed E-state index contributed by atoms with van der Waals surface area (Å²) in [5.74, 6) is 0. The number of hydrogen-bond acceptors (Lipinski definition) is 1. The Morgan fingerprint density at radius 2 is 1.50 bits per heavy atom. The molecule has 3 aromatic rings. The Kier molecular flexibility index (Phi) is 2.11. The summed E-state index contributed by atoms with van der Waals surface area (Å²) in [6, 6.07) is 16.7. The van der Waals surface area contributed by atoms with Crippen LogP contribution in [0.3, 0.4) is 0 Å². The SMILES string of the molecule is Nc1cc(Br)cc2cc3ccccc3cc12. The number of nitrogen functional groups attached to an aromatic ring is 1.